The first-order chi connectivity index (χ1) is 7.15. The molecule has 0 aromatic carbocycles. The fourth-order valence-corrected chi connectivity index (χ4v) is 2.55. The standard InChI is InChI=1S/C13H26N2/c1-5-6-14-7-8-15-10-11(2)9-12(3)13(15)4/h5,11-14H,1,6-10H2,2-4H3. The van der Waals surface area contributed by atoms with E-state index in [9.17, 15) is 0 Å². The average molecular weight is 210 g/mol. The second-order valence-corrected chi connectivity index (χ2v) is 5.05. The number of rotatable bonds is 5. The van der Waals surface area contributed by atoms with Crippen molar-refractivity contribution in [3.8, 4) is 0 Å². The molecule has 88 valence electrons. The Balaban J connectivity index is 2.28. The van der Waals surface area contributed by atoms with Crippen molar-refractivity contribution >= 4 is 0 Å². The molecule has 2 heteroatoms. The van der Waals surface area contributed by atoms with Crippen molar-refractivity contribution in [2.45, 2.75) is 33.2 Å². The summed E-state index contributed by atoms with van der Waals surface area (Å²) in [4.78, 5) is 2.62. The Hall–Kier alpha value is -0.340. The van der Waals surface area contributed by atoms with Crippen LogP contribution >= 0.6 is 0 Å². The van der Waals surface area contributed by atoms with E-state index in [1.807, 2.05) is 6.08 Å². The van der Waals surface area contributed by atoms with Gasteiger partial charge in [0, 0.05) is 32.2 Å². The molecule has 3 unspecified atom stereocenters. The van der Waals surface area contributed by atoms with Crippen LogP contribution in [-0.4, -0.2) is 37.1 Å². The molecule has 3 atom stereocenters. The fourth-order valence-electron chi connectivity index (χ4n) is 2.55. The average Bonchev–Trinajstić information content (AvgIpc) is 2.19. The van der Waals surface area contributed by atoms with Gasteiger partial charge in [-0.05, 0) is 25.2 Å². The predicted molar refractivity (Wildman–Crippen MR) is 67.0 cm³/mol. The highest BCUT2D eigenvalue weighted by atomic mass is 15.2. The smallest absolute Gasteiger partial charge is 0.0132 e. The molecule has 0 aromatic heterocycles. The Bertz CT molecular complexity index is 191. The normalized spacial score (nSPS) is 32.9. The number of piperidine rings is 1. The lowest BCUT2D eigenvalue weighted by atomic mass is 9.86. The van der Waals surface area contributed by atoms with E-state index in [0.717, 1.165) is 31.0 Å². The summed E-state index contributed by atoms with van der Waals surface area (Å²) in [5.74, 6) is 1.70. The first-order valence-electron chi connectivity index (χ1n) is 6.20. The maximum Gasteiger partial charge on any atom is 0.0132 e. The second-order valence-electron chi connectivity index (χ2n) is 5.05. The fraction of sp³-hybridized carbons (Fsp3) is 0.846. The maximum absolute atomic E-state index is 3.71. The van der Waals surface area contributed by atoms with E-state index in [0.29, 0.717) is 0 Å². The van der Waals surface area contributed by atoms with E-state index in [1.54, 1.807) is 0 Å². The van der Waals surface area contributed by atoms with Crippen LogP contribution in [-0.2, 0) is 0 Å². The number of nitrogens with zero attached hydrogens (tertiary/aromatic N) is 1. The minimum Gasteiger partial charge on any atom is -0.312 e. The second kappa shape index (κ2) is 6.29. The van der Waals surface area contributed by atoms with E-state index in [2.05, 4.69) is 37.6 Å². The maximum atomic E-state index is 3.71. The van der Waals surface area contributed by atoms with Gasteiger partial charge in [-0.1, -0.05) is 19.9 Å². The van der Waals surface area contributed by atoms with Crippen molar-refractivity contribution in [1.82, 2.24) is 10.2 Å². The molecule has 0 radical (unpaired) electrons. The molecule has 1 rings (SSSR count). The van der Waals surface area contributed by atoms with E-state index in [1.165, 1.54) is 19.5 Å². The molecule has 1 fully saturated rings. The van der Waals surface area contributed by atoms with Crippen molar-refractivity contribution in [3.63, 3.8) is 0 Å². The van der Waals surface area contributed by atoms with Crippen LogP contribution in [0, 0.1) is 11.8 Å². The lowest BCUT2D eigenvalue weighted by Crippen LogP contribution is -2.48. The van der Waals surface area contributed by atoms with Gasteiger partial charge in [-0.2, -0.15) is 0 Å². The molecular formula is C13H26N2. The van der Waals surface area contributed by atoms with Crippen molar-refractivity contribution in [3.05, 3.63) is 12.7 Å². The van der Waals surface area contributed by atoms with Crippen molar-refractivity contribution in [2.24, 2.45) is 11.8 Å². The Labute approximate surface area is 94.7 Å². The topological polar surface area (TPSA) is 15.3 Å². The zero-order valence-electron chi connectivity index (χ0n) is 10.5. The summed E-state index contributed by atoms with van der Waals surface area (Å²) in [5, 5.41) is 3.37. The molecule has 0 bridgehead atoms. The number of nitrogens with one attached hydrogen (secondary N) is 1. The van der Waals surface area contributed by atoms with Gasteiger partial charge in [-0.3, -0.25) is 4.90 Å². The molecule has 1 N–H and O–H groups in total. The summed E-state index contributed by atoms with van der Waals surface area (Å²) >= 11 is 0. The molecule has 1 heterocycles. The highest BCUT2D eigenvalue weighted by molar-refractivity contribution is 4.82. The lowest BCUT2D eigenvalue weighted by molar-refractivity contribution is 0.0810. The van der Waals surface area contributed by atoms with E-state index in [4.69, 9.17) is 0 Å². The van der Waals surface area contributed by atoms with Crippen LogP contribution in [0.25, 0.3) is 0 Å². The van der Waals surface area contributed by atoms with Crippen LogP contribution in [0.5, 0.6) is 0 Å². The number of likely N-dealkylation sites (tertiary alicyclic amines) is 1. The number of hydrogen-bond donors (Lipinski definition) is 1. The van der Waals surface area contributed by atoms with Crippen LogP contribution < -0.4 is 5.32 Å². The zero-order chi connectivity index (χ0) is 11.3. The van der Waals surface area contributed by atoms with Crippen LogP contribution in [0.1, 0.15) is 27.2 Å². The third-order valence-corrected chi connectivity index (χ3v) is 3.58. The molecule has 2 nitrogen and oxygen atoms in total. The Morgan fingerprint density at radius 1 is 1.40 bits per heavy atom. The third kappa shape index (κ3) is 3.96. The third-order valence-electron chi connectivity index (χ3n) is 3.58. The quantitative estimate of drug-likeness (QED) is 0.552. The Morgan fingerprint density at radius 2 is 2.13 bits per heavy atom. The molecule has 15 heavy (non-hydrogen) atoms. The molecule has 1 aliphatic rings. The van der Waals surface area contributed by atoms with Crippen molar-refractivity contribution in [1.29, 1.82) is 0 Å². The monoisotopic (exact) mass is 210 g/mol. The summed E-state index contributed by atoms with van der Waals surface area (Å²) in [6.45, 7) is 15.3. The molecule has 0 aliphatic carbocycles. The van der Waals surface area contributed by atoms with Gasteiger partial charge in [0.05, 0.1) is 0 Å². The van der Waals surface area contributed by atoms with Gasteiger partial charge in [-0.25, -0.2) is 0 Å². The Morgan fingerprint density at radius 3 is 2.80 bits per heavy atom. The molecular weight excluding hydrogens is 184 g/mol. The molecule has 0 spiro atoms. The summed E-state index contributed by atoms with van der Waals surface area (Å²) in [6, 6.07) is 0.742. The molecule has 0 amide bonds. The van der Waals surface area contributed by atoms with Crippen LogP contribution in [0.15, 0.2) is 12.7 Å². The SMILES string of the molecule is C=CCNCCN1CC(C)CC(C)C1C. The van der Waals surface area contributed by atoms with Gasteiger partial charge >= 0.3 is 0 Å². The van der Waals surface area contributed by atoms with Gasteiger partial charge in [-0.15, -0.1) is 6.58 Å². The van der Waals surface area contributed by atoms with Crippen molar-refractivity contribution in [2.75, 3.05) is 26.2 Å². The summed E-state index contributed by atoms with van der Waals surface area (Å²) in [5.41, 5.74) is 0. The number of hydrogen-bond acceptors (Lipinski definition) is 2. The Kier molecular flexibility index (Phi) is 5.34. The minimum atomic E-state index is 0.742. The molecule has 0 saturated carbocycles. The van der Waals surface area contributed by atoms with E-state index >= 15 is 0 Å². The van der Waals surface area contributed by atoms with Crippen LogP contribution in [0.2, 0.25) is 0 Å². The highest BCUT2D eigenvalue weighted by Gasteiger charge is 2.27. The molecule has 1 aliphatic heterocycles. The van der Waals surface area contributed by atoms with Gasteiger partial charge < -0.3 is 5.32 Å². The van der Waals surface area contributed by atoms with Gasteiger partial charge in [0.1, 0.15) is 0 Å². The van der Waals surface area contributed by atoms with E-state index < -0.39 is 0 Å². The van der Waals surface area contributed by atoms with Gasteiger partial charge in [0.15, 0.2) is 0 Å². The molecule has 0 aromatic rings. The van der Waals surface area contributed by atoms with Crippen LogP contribution in [0.3, 0.4) is 0 Å². The zero-order valence-corrected chi connectivity index (χ0v) is 10.5. The first-order valence-corrected chi connectivity index (χ1v) is 6.20. The predicted octanol–water partition coefficient (Wildman–Crippen LogP) is 2.13. The summed E-state index contributed by atoms with van der Waals surface area (Å²) in [7, 11) is 0. The first kappa shape index (κ1) is 12.7. The van der Waals surface area contributed by atoms with Crippen LogP contribution in [0.4, 0.5) is 0 Å². The summed E-state index contributed by atoms with van der Waals surface area (Å²) < 4.78 is 0. The summed E-state index contributed by atoms with van der Waals surface area (Å²) in [6.07, 6.45) is 3.31. The van der Waals surface area contributed by atoms with Crippen molar-refractivity contribution < 1.29 is 0 Å². The van der Waals surface area contributed by atoms with E-state index in [-0.39, 0.29) is 0 Å². The highest BCUT2D eigenvalue weighted by Crippen LogP contribution is 2.26. The van der Waals surface area contributed by atoms with Gasteiger partial charge in [0.2, 0.25) is 0 Å². The lowest BCUT2D eigenvalue weighted by Gasteiger charge is -2.41. The van der Waals surface area contributed by atoms with Gasteiger partial charge in [0.25, 0.3) is 0 Å². The minimum absolute atomic E-state index is 0.742. The largest absolute Gasteiger partial charge is 0.312 e. The molecule has 1 saturated heterocycles.